The lowest BCUT2D eigenvalue weighted by Crippen LogP contribution is -2.22. The first-order chi connectivity index (χ1) is 15.3. The molecule has 0 unspecified atom stereocenters. The third-order valence-corrected chi connectivity index (χ3v) is 4.76. The van der Waals surface area contributed by atoms with Gasteiger partial charge in [0.15, 0.2) is 0 Å². The standard InChI is InChI=1S/C24H25N7/c1-25-21-10-7-9-20(30-21)18-28-22-11-6-8-19(29-22)14-17-31(23-12-2-4-15-26-23)24-13-3-5-16-27-24/h2-13,15-16H,14,17-18H2,1H3,(H,25,30)(H,28,29). The van der Waals surface area contributed by atoms with Crippen LogP contribution in [0, 0.1) is 0 Å². The number of rotatable bonds is 9. The number of nitrogens with one attached hydrogen (secondary N) is 2. The van der Waals surface area contributed by atoms with Crippen LogP contribution >= 0.6 is 0 Å². The number of anilines is 4. The van der Waals surface area contributed by atoms with Gasteiger partial charge in [0.25, 0.3) is 0 Å². The Bertz CT molecular complexity index is 1050. The summed E-state index contributed by atoms with van der Waals surface area (Å²) >= 11 is 0. The first kappa shape index (κ1) is 20.3. The van der Waals surface area contributed by atoms with Crippen molar-refractivity contribution < 1.29 is 0 Å². The van der Waals surface area contributed by atoms with Crippen molar-refractivity contribution in [2.24, 2.45) is 0 Å². The Morgan fingerprint density at radius 3 is 2.00 bits per heavy atom. The molecule has 0 bridgehead atoms. The maximum Gasteiger partial charge on any atom is 0.134 e. The highest BCUT2D eigenvalue weighted by Crippen LogP contribution is 2.21. The Morgan fingerprint density at radius 2 is 1.35 bits per heavy atom. The van der Waals surface area contributed by atoms with Gasteiger partial charge < -0.3 is 15.5 Å². The van der Waals surface area contributed by atoms with Crippen molar-refractivity contribution in [1.82, 2.24) is 19.9 Å². The minimum absolute atomic E-state index is 0.611. The van der Waals surface area contributed by atoms with E-state index in [0.29, 0.717) is 6.54 Å². The second-order valence-electron chi connectivity index (χ2n) is 6.91. The molecule has 0 aromatic carbocycles. The van der Waals surface area contributed by atoms with Gasteiger partial charge in [-0.2, -0.15) is 0 Å². The van der Waals surface area contributed by atoms with Crippen molar-refractivity contribution in [3.05, 3.63) is 96.6 Å². The summed E-state index contributed by atoms with van der Waals surface area (Å²) in [5.41, 5.74) is 1.95. The van der Waals surface area contributed by atoms with E-state index in [-0.39, 0.29) is 0 Å². The van der Waals surface area contributed by atoms with E-state index in [2.05, 4.69) is 30.5 Å². The predicted molar refractivity (Wildman–Crippen MR) is 125 cm³/mol. The fourth-order valence-corrected chi connectivity index (χ4v) is 3.22. The lowest BCUT2D eigenvalue weighted by atomic mass is 10.2. The van der Waals surface area contributed by atoms with E-state index in [1.165, 1.54) is 0 Å². The van der Waals surface area contributed by atoms with Crippen molar-refractivity contribution in [2.75, 3.05) is 29.1 Å². The van der Waals surface area contributed by atoms with E-state index in [4.69, 9.17) is 4.98 Å². The zero-order chi connectivity index (χ0) is 21.3. The fraction of sp³-hybridized carbons (Fsp3) is 0.167. The highest BCUT2D eigenvalue weighted by Gasteiger charge is 2.12. The van der Waals surface area contributed by atoms with Gasteiger partial charge in [0.05, 0.1) is 12.2 Å². The molecule has 0 spiro atoms. The Kier molecular flexibility index (Phi) is 6.64. The van der Waals surface area contributed by atoms with E-state index in [0.717, 1.165) is 47.6 Å². The maximum atomic E-state index is 4.77. The Morgan fingerprint density at radius 1 is 0.710 bits per heavy atom. The van der Waals surface area contributed by atoms with Gasteiger partial charge in [-0.15, -0.1) is 0 Å². The summed E-state index contributed by atoms with van der Waals surface area (Å²) in [5, 5.41) is 6.42. The second kappa shape index (κ2) is 10.2. The van der Waals surface area contributed by atoms with Gasteiger partial charge in [-0.05, 0) is 48.5 Å². The van der Waals surface area contributed by atoms with Crippen LogP contribution in [0.5, 0.6) is 0 Å². The van der Waals surface area contributed by atoms with E-state index in [1.54, 1.807) is 12.4 Å². The van der Waals surface area contributed by atoms with Gasteiger partial charge in [0, 0.05) is 38.1 Å². The molecule has 0 fully saturated rings. The number of nitrogens with zero attached hydrogens (tertiary/aromatic N) is 5. The molecule has 4 aromatic rings. The lowest BCUT2D eigenvalue weighted by molar-refractivity contribution is 0.857. The lowest BCUT2D eigenvalue weighted by Gasteiger charge is -2.22. The number of hydrogen-bond donors (Lipinski definition) is 2. The first-order valence-electron chi connectivity index (χ1n) is 10.2. The number of hydrogen-bond acceptors (Lipinski definition) is 7. The van der Waals surface area contributed by atoms with Crippen LogP contribution in [0.2, 0.25) is 0 Å². The first-order valence-corrected chi connectivity index (χ1v) is 10.2. The molecule has 4 heterocycles. The van der Waals surface area contributed by atoms with Gasteiger partial charge in [-0.1, -0.05) is 24.3 Å². The largest absolute Gasteiger partial charge is 0.373 e. The molecule has 0 atom stereocenters. The molecule has 7 heteroatoms. The monoisotopic (exact) mass is 411 g/mol. The molecule has 156 valence electrons. The van der Waals surface area contributed by atoms with Crippen LogP contribution in [-0.4, -0.2) is 33.5 Å². The van der Waals surface area contributed by atoms with Crippen LogP contribution in [-0.2, 0) is 13.0 Å². The van der Waals surface area contributed by atoms with Crippen LogP contribution in [0.15, 0.2) is 85.2 Å². The Labute approximate surface area is 182 Å². The molecule has 0 amide bonds. The fourth-order valence-electron chi connectivity index (χ4n) is 3.22. The van der Waals surface area contributed by atoms with E-state index in [9.17, 15) is 0 Å². The van der Waals surface area contributed by atoms with Crippen LogP contribution in [0.1, 0.15) is 11.4 Å². The molecule has 31 heavy (non-hydrogen) atoms. The van der Waals surface area contributed by atoms with Crippen molar-refractivity contribution >= 4 is 23.3 Å². The molecule has 0 aliphatic heterocycles. The van der Waals surface area contributed by atoms with Crippen molar-refractivity contribution in [1.29, 1.82) is 0 Å². The molecule has 0 aliphatic carbocycles. The minimum atomic E-state index is 0.611. The summed E-state index contributed by atoms with van der Waals surface area (Å²) in [6, 6.07) is 23.7. The van der Waals surface area contributed by atoms with Crippen LogP contribution in [0.4, 0.5) is 23.3 Å². The van der Waals surface area contributed by atoms with Crippen LogP contribution in [0.3, 0.4) is 0 Å². The Hall–Kier alpha value is -4.00. The molecule has 0 saturated heterocycles. The molecule has 0 radical (unpaired) electrons. The summed E-state index contributed by atoms with van der Waals surface area (Å²) in [4.78, 5) is 20.4. The Balaban J connectivity index is 1.43. The second-order valence-corrected chi connectivity index (χ2v) is 6.91. The molecule has 2 N–H and O–H groups in total. The van der Waals surface area contributed by atoms with Crippen molar-refractivity contribution in [3.8, 4) is 0 Å². The van der Waals surface area contributed by atoms with Crippen LogP contribution in [0.25, 0.3) is 0 Å². The maximum absolute atomic E-state index is 4.77. The SMILES string of the molecule is CNc1cccc(CNc2cccc(CCN(c3ccccn3)c3ccccn3)n2)n1. The topological polar surface area (TPSA) is 78.9 Å². The highest BCUT2D eigenvalue weighted by atomic mass is 15.2. The molecular weight excluding hydrogens is 386 g/mol. The zero-order valence-corrected chi connectivity index (χ0v) is 17.4. The molecule has 7 nitrogen and oxygen atoms in total. The smallest absolute Gasteiger partial charge is 0.134 e. The summed E-state index contributed by atoms with van der Waals surface area (Å²) in [5.74, 6) is 3.42. The summed E-state index contributed by atoms with van der Waals surface area (Å²) < 4.78 is 0. The number of aromatic nitrogens is 4. The molecule has 4 aromatic heterocycles. The zero-order valence-electron chi connectivity index (χ0n) is 17.4. The van der Waals surface area contributed by atoms with Gasteiger partial charge in [0.2, 0.25) is 0 Å². The van der Waals surface area contributed by atoms with Crippen LogP contribution < -0.4 is 15.5 Å². The third kappa shape index (κ3) is 5.54. The van der Waals surface area contributed by atoms with Gasteiger partial charge in [-0.25, -0.2) is 19.9 Å². The predicted octanol–water partition coefficient (Wildman–Crippen LogP) is 4.30. The summed E-state index contributed by atoms with van der Waals surface area (Å²) in [6.45, 7) is 1.33. The van der Waals surface area contributed by atoms with Gasteiger partial charge in [-0.3, -0.25) is 0 Å². The van der Waals surface area contributed by atoms with Gasteiger partial charge >= 0.3 is 0 Å². The summed E-state index contributed by atoms with van der Waals surface area (Å²) in [7, 11) is 1.86. The molecule has 0 saturated carbocycles. The third-order valence-electron chi connectivity index (χ3n) is 4.76. The van der Waals surface area contributed by atoms with Gasteiger partial charge in [0.1, 0.15) is 23.3 Å². The quantitative estimate of drug-likeness (QED) is 0.425. The average Bonchev–Trinajstić information content (AvgIpc) is 2.85. The average molecular weight is 412 g/mol. The van der Waals surface area contributed by atoms with Crippen molar-refractivity contribution in [3.63, 3.8) is 0 Å². The minimum Gasteiger partial charge on any atom is -0.373 e. The van der Waals surface area contributed by atoms with Crippen molar-refractivity contribution in [2.45, 2.75) is 13.0 Å². The van der Waals surface area contributed by atoms with E-state index in [1.807, 2.05) is 79.8 Å². The molecule has 0 aliphatic rings. The van der Waals surface area contributed by atoms with E-state index >= 15 is 0 Å². The van der Waals surface area contributed by atoms with E-state index < -0.39 is 0 Å². The molecule has 4 rings (SSSR count). The highest BCUT2D eigenvalue weighted by molar-refractivity contribution is 5.55. The number of pyridine rings is 4. The summed E-state index contributed by atoms with van der Waals surface area (Å²) in [6.07, 6.45) is 4.35. The molecular formula is C24H25N7. The normalized spacial score (nSPS) is 10.5.